The topological polar surface area (TPSA) is 64.3 Å². The van der Waals surface area contributed by atoms with Gasteiger partial charge in [-0.3, -0.25) is 4.90 Å². The van der Waals surface area contributed by atoms with Crippen LogP contribution in [0.1, 0.15) is 27.2 Å². The monoisotopic (exact) mass is 210 g/mol. The van der Waals surface area contributed by atoms with E-state index in [-0.39, 0.29) is 0 Å². The highest BCUT2D eigenvalue weighted by Crippen LogP contribution is 2.04. The van der Waals surface area contributed by atoms with Crippen molar-refractivity contribution in [3.8, 4) is 6.07 Å². The molecule has 1 N–H and O–H groups in total. The van der Waals surface area contributed by atoms with E-state index in [0.29, 0.717) is 25.6 Å². The van der Waals surface area contributed by atoms with Gasteiger partial charge in [0.2, 0.25) is 0 Å². The van der Waals surface area contributed by atoms with Crippen molar-refractivity contribution in [1.29, 1.82) is 5.26 Å². The molecule has 0 rings (SSSR count). The number of carboxylic acid groups (broad SMARTS) is 1. The molecular weight excluding hydrogens is 192 g/mol. The van der Waals surface area contributed by atoms with E-state index in [0.717, 1.165) is 5.57 Å². The van der Waals surface area contributed by atoms with E-state index in [2.05, 4.69) is 11.0 Å². The Morgan fingerprint density at radius 2 is 2.20 bits per heavy atom. The second-order valence-corrected chi connectivity index (χ2v) is 3.80. The Hall–Kier alpha value is -1.34. The molecule has 0 aliphatic rings. The molecular formula is C11H18N2O2. The lowest BCUT2D eigenvalue weighted by Gasteiger charge is -2.25. The molecule has 84 valence electrons. The van der Waals surface area contributed by atoms with Crippen LogP contribution >= 0.6 is 0 Å². The quantitative estimate of drug-likeness (QED) is 0.677. The number of aliphatic carboxylic acids is 1. The van der Waals surface area contributed by atoms with Crippen molar-refractivity contribution in [3.63, 3.8) is 0 Å². The van der Waals surface area contributed by atoms with Crippen molar-refractivity contribution in [2.45, 2.75) is 33.2 Å². The Balaban J connectivity index is 4.29. The number of hydrogen-bond donors (Lipinski definition) is 1. The van der Waals surface area contributed by atoms with Gasteiger partial charge in [-0.05, 0) is 20.8 Å². The molecule has 0 aromatic carbocycles. The molecule has 0 saturated heterocycles. The number of carboxylic acids is 1. The lowest BCUT2D eigenvalue weighted by atomic mass is 10.2. The summed E-state index contributed by atoms with van der Waals surface area (Å²) in [6, 6.07) is 2.40. The van der Waals surface area contributed by atoms with Crippen LogP contribution in [-0.2, 0) is 4.79 Å². The predicted molar refractivity (Wildman–Crippen MR) is 58.3 cm³/mol. The van der Waals surface area contributed by atoms with Gasteiger partial charge in [0.25, 0.3) is 0 Å². The summed E-state index contributed by atoms with van der Waals surface area (Å²) in [7, 11) is 0. The molecule has 0 atom stereocenters. The fourth-order valence-corrected chi connectivity index (χ4v) is 1.29. The van der Waals surface area contributed by atoms with Crippen molar-refractivity contribution in [3.05, 3.63) is 11.6 Å². The molecule has 15 heavy (non-hydrogen) atoms. The molecule has 0 saturated carbocycles. The zero-order chi connectivity index (χ0) is 11.8. The molecule has 0 spiro atoms. The summed E-state index contributed by atoms with van der Waals surface area (Å²) in [6.07, 6.45) is 1.68. The van der Waals surface area contributed by atoms with Gasteiger partial charge >= 0.3 is 5.97 Å². The zero-order valence-corrected chi connectivity index (χ0v) is 9.53. The third kappa shape index (κ3) is 6.69. The average molecular weight is 210 g/mol. The highest BCUT2D eigenvalue weighted by Gasteiger charge is 2.09. The smallest absolute Gasteiger partial charge is 0.328 e. The minimum absolute atomic E-state index is 0.315. The van der Waals surface area contributed by atoms with Crippen LogP contribution in [0.5, 0.6) is 0 Å². The SMILES string of the molecule is CC(=CC(=O)O)CN(CCC#N)C(C)C. The van der Waals surface area contributed by atoms with Crippen LogP contribution in [-0.4, -0.2) is 35.1 Å². The van der Waals surface area contributed by atoms with E-state index in [4.69, 9.17) is 10.4 Å². The van der Waals surface area contributed by atoms with Crippen LogP contribution in [0.4, 0.5) is 0 Å². The van der Waals surface area contributed by atoms with Crippen LogP contribution in [0.15, 0.2) is 11.6 Å². The molecule has 0 bridgehead atoms. The van der Waals surface area contributed by atoms with Gasteiger partial charge in [-0.15, -0.1) is 0 Å². The fraction of sp³-hybridized carbons (Fsp3) is 0.636. The second-order valence-electron chi connectivity index (χ2n) is 3.80. The summed E-state index contributed by atoms with van der Waals surface area (Å²) in [4.78, 5) is 12.5. The van der Waals surface area contributed by atoms with E-state index in [1.807, 2.05) is 13.8 Å². The first-order valence-corrected chi connectivity index (χ1v) is 4.98. The van der Waals surface area contributed by atoms with Crippen molar-refractivity contribution in [1.82, 2.24) is 4.90 Å². The highest BCUT2D eigenvalue weighted by molar-refractivity contribution is 5.80. The minimum atomic E-state index is -0.920. The number of hydrogen-bond acceptors (Lipinski definition) is 3. The molecule has 0 aliphatic carbocycles. The van der Waals surface area contributed by atoms with Gasteiger partial charge in [0, 0.05) is 31.6 Å². The predicted octanol–water partition coefficient (Wildman–Crippen LogP) is 1.64. The van der Waals surface area contributed by atoms with E-state index >= 15 is 0 Å². The molecule has 0 aliphatic heterocycles. The van der Waals surface area contributed by atoms with Gasteiger partial charge in [0.1, 0.15) is 0 Å². The number of nitriles is 1. The first-order chi connectivity index (χ1) is 6.97. The first-order valence-electron chi connectivity index (χ1n) is 4.98. The van der Waals surface area contributed by atoms with Gasteiger partial charge in [-0.1, -0.05) is 5.57 Å². The highest BCUT2D eigenvalue weighted by atomic mass is 16.4. The molecule has 0 fully saturated rings. The van der Waals surface area contributed by atoms with E-state index in [1.165, 1.54) is 6.08 Å². The van der Waals surface area contributed by atoms with Crippen molar-refractivity contribution < 1.29 is 9.90 Å². The standard InChI is InChI=1S/C11H18N2O2/c1-9(2)13(6-4-5-12)8-10(3)7-11(14)15/h7,9H,4,6,8H2,1-3H3,(H,14,15). The summed E-state index contributed by atoms with van der Waals surface area (Å²) in [5.41, 5.74) is 0.800. The molecule has 0 amide bonds. The van der Waals surface area contributed by atoms with Crippen LogP contribution in [0.3, 0.4) is 0 Å². The molecule has 0 aromatic rings. The zero-order valence-electron chi connectivity index (χ0n) is 9.53. The van der Waals surface area contributed by atoms with Gasteiger partial charge in [-0.25, -0.2) is 4.79 Å². The Morgan fingerprint density at radius 3 is 2.60 bits per heavy atom. The average Bonchev–Trinajstić information content (AvgIpc) is 2.10. The molecule has 0 aromatic heterocycles. The summed E-state index contributed by atoms with van der Waals surface area (Å²) in [5, 5.41) is 17.1. The van der Waals surface area contributed by atoms with Crippen molar-refractivity contribution in [2.75, 3.05) is 13.1 Å². The summed E-state index contributed by atoms with van der Waals surface area (Å²) in [6.45, 7) is 7.14. The Bertz CT molecular complexity index is 277. The minimum Gasteiger partial charge on any atom is -0.478 e. The lowest BCUT2D eigenvalue weighted by Crippen LogP contribution is -2.33. The maximum atomic E-state index is 10.4. The van der Waals surface area contributed by atoms with Crippen LogP contribution in [0.25, 0.3) is 0 Å². The van der Waals surface area contributed by atoms with Crippen molar-refractivity contribution >= 4 is 5.97 Å². The normalized spacial score (nSPS) is 11.9. The van der Waals surface area contributed by atoms with Gasteiger partial charge in [-0.2, -0.15) is 5.26 Å². The maximum Gasteiger partial charge on any atom is 0.328 e. The van der Waals surface area contributed by atoms with Crippen LogP contribution < -0.4 is 0 Å². The summed E-state index contributed by atoms with van der Waals surface area (Å²) < 4.78 is 0. The van der Waals surface area contributed by atoms with E-state index < -0.39 is 5.97 Å². The molecule has 0 heterocycles. The first kappa shape index (κ1) is 13.7. The Kier molecular flexibility index (Phi) is 6.39. The van der Waals surface area contributed by atoms with Gasteiger partial charge < -0.3 is 5.11 Å². The van der Waals surface area contributed by atoms with E-state index in [9.17, 15) is 4.79 Å². The van der Waals surface area contributed by atoms with Gasteiger partial charge in [0.05, 0.1) is 6.07 Å². The van der Waals surface area contributed by atoms with Gasteiger partial charge in [0.15, 0.2) is 0 Å². The molecule has 0 radical (unpaired) electrons. The van der Waals surface area contributed by atoms with Crippen LogP contribution in [0.2, 0.25) is 0 Å². The summed E-state index contributed by atoms with van der Waals surface area (Å²) >= 11 is 0. The Morgan fingerprint density at radius 1 is 1.60 bits per heavy atom. The largest absolute Gasteiger partial charge is 0.478 e. The number of nitrogens with zero attached hydrogens (tertiary/aromatic N) is 2. The lowest BCUT2D eigenvalue weighted by molar-refractivity contribution is -0.131. The summed E-state index contributed by atoms with van der Waals surface area (Å²) in [5.74, 6) is -0.920. The molecule has 4 nitrogen and oxygen atoms in total. The second kappa shape index (κ2) is 7.02. The Labute approximate surface area is 90.8 Å². The third-order valence-electron chi connectivity index (χ3n) is 2.06. The molecule has 0 unspecified atom stereocenters. The maximum absolute atomic E-state index is 10.4. The fourth-order valence-electron chi connectivity index (χ4n) is 1.29. The number of rotatable bonds is 6. The number of carbonyl (C=O) groups is 1. The molecule has 4 heteroatoms. The van der Waals surface area contributed by atoms with Crippen LogP contribution in [0, 0.1) is 11.3 Å². The third-order valence-corrected chi connectivity index (χ3v) is 2.06. The van der Waals surface area contributed by atoms with E-state index in [1.54, 1.807) is 6.92 Å². The van der Waals surface area contributed by atoms with Crippen molar-refractivity contribution in [2.24, 2.45) is 0 Å².